The van der Waals surface area contributed by atoms with Crippen molar-refractivity contribution in [2.24, 2.45) is 4.99 Å². The molecule has 104 valence electrons. The number of nitrogens with zero attached hydrogens (tertiary/aromatic N) is 4. The zero-order valence-electron chi connectivity index (χ0n) is 11.1. The molecule has 1 fully saturated rings. The van der Waals surface area contributed by atoms with Crippen molar-refractivity contribution >= 4 is 23.0 Å². The SMILES string of the molecule is O=C1c2ncncc2N=C2N(c3ccccc3)CCC12O. The van der Waals surface area contributed by atoms with E-state index < -0.39 is 11.4 Å². The third-order valence-corrected chi connectivity index (χ3v) is 3.90. The van der Waals surface area contributed by atoms with Crippen LogP contribution in [0, 0.1) is 0 Å². The minimum Gasteiger partial charge on any atom is -0.374 e. The predicted octanol–water partition coefficient (Wildman–Crippen LogP) is 1.34. The molecule has 1 unspecified atom stereocenters. The Morgan fingerprint density at radius 1 is 1.24 bits per heavy atom. The second-order valence-electron chi connectivity index (χ2n) is 5.12. The maximum atomic E-state index is 12.5. The molecule has 0 bridgehead atoms. The third-order valence-electron chi connectivity index (χ3n) is 3.90. The van der Waals surface area contributed by atoms with E-state index in [0.717, 1.165) is 5.69 Å². The fourth-order valence-corrected chi connectivity index (χ4v) is 2.83. The Hall–Kier alpha value is -2.60. The fraction of sp³-hybridized carbons (Fsp3) is 0.200. The number of carbonyl (C=O) groups excluding carboxylic acids is 1. The largest absolute Gasteiger partial charge is 0.374 e. The minimum atomic E-state index is -1.59. The van der Waals surface area contributed by atoms with Crippen LogP contribution in [0.25, 0.3) is 0 Å². The van der Waals surface area contributed by atoms with Crippen molar-refractivity contribution in [3.8, 4) is 0 Å². The van der Waals surface area contributed by atoms with Gasteiger partial charge in [0.25, 0.3) is 0 Å². The summed E-state index contributed by atoms with van der Waals surface area (Å²) in [7, 11) is 0. The molecule has 6 nitrogen and oxygen atoms in total. The molecule has 1 aromatic heterocycles. The first-order valence-electron chi connectivity index (χ1n) is 6.69. The van der Waals surface area contributed by atoms with Crippen molar-refractivity contribution in [1.29, 1.82) is 0 Å². The molecule has 0 spiro atoms. The number of hydrogen-bond acceptors (Lipinski definition) is 6. The van der Waals surface area contributed by atoms with Crippen LogP contribution in [0.15, 0.2) is 47.8 Å². The minimum absolute atomic E-state index is 0.186. The fourth-order valence-electron chi connectivity index (χ4n) is 2.83. The molecule has 1 aromatic carbocycles. The summed E-state index contributed by atoms with van der Waals surface area (Å²) in [6.45, 7) is 0.534. The van der Waals surface area contributed by atoms with E-state index in [4.69, 9.17) is 0 Å². The van der Waals surface area contributed by atoms with Gasteiger partial charge in [-0.05, 0) is 12.1 Å². The Morgan fingerprint density at radius 3 is 2.86 bits per heavy atom. The standard InChI is InChI=1S/C15H12N4O2/c20-13-12-11(8-16-9-17-12)18-14-15(13,21)6-7-19(14)10-4-2-1-3-5-10/h1-5,8-9,21H,6-7H2. The van der Waals surface area contributed by atoms with Crippen LogP contribution in [0.3, 0.4) is 0 Å². The van der Waals surface area contributed by atoms with Gasteiger partial charge in [0, 0.05) is 18.7 Å². The molecule has 0 aliphatic carbocycles. The summed E-state index contributed by atoms with van der Waals surface area (Å²) in [5, 5.41) is 10.8. The topological polar surface area (TPSA) is 78.7 Å². The number of aliphatic imine (C=N–C) groups is 1. The zero-order chi connectivity index (χ0) is 14.4. The zero-order valence-corrected chi connectivity index (χ0v) is 11.1. The number of hydrogen-bond donors (Lipinski definition) is 1. The van der Waals surface area contributed by atoms with Gasteiger partial charge in [0.2, 0.25) is 5.78 Å². The highest BCUT2D eigenvalue weighted by Crippen LogP contribution is 2.38. The van der Waals surface area contributed by atoms with E-state index in [2.05, 4.69) is 15.0 Å². The van der Waals surface area contributed by atoms with Crippen molar-refractivity contribution < 1.29 is 9.90 Å². The molecule has 0 radical (unpaired) electrons. The number of para-hydroxylation sites is 1. The summed E-state index contributed by atoms with van der Waals surface area (Å²) >= 11 is 0. The molecule has 0 amide bonds. The molecule has 2 aromatic rings. The van der Waals surface area contributed by atoms with E-state index in [-0.39, 0.29) is 5.69 Å². The number of benzene rings is 1. The van der Waals surface area contributed by atoms with Crippen LogP contribution in [0.1, 0.15) is 16.9 Å². The number of rotatable bonds is 1. The maximum Gasteiger partial charge on any atom is 0.222 e. The molecule has 0 saturated carbocycles. The lowest BCUT2D eigenvalue weighted by atomic mass is 9.91. The Morgan fingerprint density at radius 2 is 2.05 bits per heavy atom. The van der Waals surface area contributed by atoms with E-state index in [1.54, 1.807) is 0 Å². The monoisotopic (exact) mass is 280 g/mol. The molecule has 3 heterocycles. The van der Waals surface area contributed by atoms with Crippen LogP contribution in [-0.2, 0) is 0 Å². The van der Waals surface area contributed by atoms with Gasteiger partial charge in [0.1, 0.15) is 23.5 Å². The van der Waals surface area contributed by atoms with Crippen molar-refractivity contribution in [2.75, 3.05) is 11.4 Å². The van der Waals surface area contributed by atoms with Gasteiger partial charge >= 0.3 is 0 Å². The van der Waals surface area contributed by atoms with Gasteiger partial charge in [0.05, 0.1) is 6.20 Å². The molecule has 2 aliphatic rings. The maximum absolute atomic E-state index is 12.5. The summed E-state index contributed by atoms with van der Waals surface area (Å²) in [6, 6.07) is 9.60. The van der Waals surface area contributed by atoms with Crippen LogP contribution < -0.4 is 4.90 Å². The highest BCUT2D eigenvalue weighted by molar-refractivity contribution is 6.27. The van der Waals surface area contributed by atoms with Crippen molar-refractivity contribution in [3.63, 3.8) is 0 Å². The number of fused-ring (bicyclic) bond motifs is 2. The first kappa shape index (κ1) is 12.2. The molecule has 1 saturated heterocycles. The van der Waals surface area contributed by atoms with Gasteiger partial charge in [0.15, 0.2) is 5.60 Å². The molecule has 4 rings (SSSR count). The highest BCUT2D eigenvalue weighted by atomic mass is 16.3. The number of aliphatic hydroxyl groups is 1. The van der Waals surface area contributed by atoms with Crippen LogP contribution in [0.5, 0.6) is 0 Å². The Balaban J connectivity index is 1.88. The Bertz CT molecular complexity index is 759. The number of anilines is 1. The van der Waals surface area contributed by atoms with Gasteiger partial charge in [-0.1, -0.05) is 18.2 Å². The molecule has 1 atom stereocenters. The number of ketones is 1. The average molecular weight is 280 g/mol. The van der Waals surface area contributed by atoms with Crippen molar-refractivity contribution in [1.82, 2.24) is 9.97 Å². The summed E-state index contributed by atoms with van der Waals surface area (Å²) in [5.41, 5.74) is -0.0894. The summed E-state index contributed by atoms with van der Waals surface area (Å²) in [6.07, 6.45) is 3.10. The van der Waals surface area contributed by atoms with Gasteiger partial charge < -0.3 is 10.0 Å². The molecule has 1 N–H and O–H groups in total. The second kappa shape index (κ2) is 4.20. The molecule has 6 heteroatoms. The first-order chi connectivity index (χ1) is 10.2. The summed E-state index contributed by atoms with van der Waals surface area (Å²) in [4.78, 5) is 26.7. The van der Waals surface area contributed by atoms with Gasteiger partial charge in [-0.2, -0.15) is 0 Å². The van der Waals surface area contributed by atoms with Crippen LogP contribution in [0.4, 0.5) is 11.4 Å². The summed E-state index contributed by atoms with van der Waals surface area (Å²) < 4.78 is 0. The number of carbonyl (C=O) groups is 1. The Kier molecular flexibility index (Phi) is 2.43. The van der Waals surface area contributed by atoms with Gasteiger partial charge in [-0.25, -0.2) is 15.0 Å². The lowest BCUT2D eigenvalue weighted by Crippen LogP contribution is -2.49. The van der Waals surface area contributed by atoms with Crippen LogP contribution >= 0.6 is 0 Å². The quantitative estimate of drug-likeness (QED) is 0.853. The molecule has 2 aliphatic heterocycles. The van der Waals surface area contributed by atoms with Crippen molar-refractivity contribution in [2.45, 2.75) is 12.0 Å². The third kappa shape index (κ3) is 1.62. The smallest absolute Gasteiger partial charge is 0.222 e. The van der Waals surface area contributed by atoms with Crippen molar-refractivity contribution in [3.05, 3.63) is 48.5 Å². The number of aromatic nitrogens is 2. The van der Waals surface area contributed by atoms with Crippen LogP contribution in [0.2, 0.25) is 0 Å². The average Bonchev–Trinajstić information content (AvgIpc) is 2.87. The van der Waals surface area contributed by atoms with Crippen LogP contribution in [-0.4, -0.2) is 38.8 Å². The lowest BCUT2D eigenvalue weighted by Gasteiger charge is -2.28. The van der Waals surface area contributed by atoms with E-state index in [1.165, 1.54) is 12.5 Å². The number of Topliss-reactive ketones (excluding diaryl/α,β-unsaturated/α-hetero) is 1. The molecule has 21 heavy (non-hydrogen) atoms. The van der Waals surface area contributed by atoms with E-state index >= 15 is 0 Å². The van der Waals surface area contributed by atoms with E-state index in [9.17, 15) is 9.90 Å². The van der Waals surface area contributed by atoms with Gasteiger partial charge in [-0.15, -0.1) is 0 Å². The van der Waals surface area contributed by atoms with E-state index in [1.807, 2.05) is 35.2 Å². The molecular weight excluding hydrogens is 268 g/mol. The van der Waals surface area contributed by atoms with Gasteiger partial charge in [-0.3, -0.25) is 4.79 Å². The van der Waals surface area contributed by atoms with E-state index in [0.29, 0.717) is 24.5 Å². The highest BCUT2D eigenvalue weighted by Gasteiger charge is 2.53. The predicted molar refractivity (Wildman–Crippen MR) is 76.8 cm³/mol. The summed E-state index contributed by atoms with van der Waals surface area (Å²) in [5.74, 6) is -0.0377. The Labute approximate surface area is 120 Å². The first-order valence-corrected chi connectivity index (χ1v) is 6.69. The number of amidine groups is 1. The second-order valence-corrected chi connectivity index (χ2v) is 5.12. The normalized spacial score (nSPS) is 23.6. The lowest BCUT2D eigenvalue weighted by molar-refractivity contribution is 0.0596. The molecular formula is C15H12N4O2.